The summed E-state index contributed by atoms with van der Waals surface area (Å²) in [6.45, 7) is 6.56. The van der Waals surface area contributed by atoms with Crippen molar-refractivity contribution in [3.8, 4) is 34.1 Å². The summed E-state index contributed by atoms with van der Waals surface area (Å²) < 4.78 is 22.9. The minimum absolute atomic E-state index is 0.141. The van der Waals surface area contributed by atoms with Crippen LogP contribution in [0.4, 0.5) is 0 Å². The maximum absolute atomic E-state index is 13.1. The van der Waals surface area contributed by atoms with Gasteiger partial charge in [-0.2, -0.15) is 0 Å². The van der Waals surface area contributed by atoms with Crippen LogP contribution in [0.5, 0.6) is 23.0 Å². The van der Waals surface area contributed by atoms with E-state index < -0.39 is 5.97 Å². The molecule has 0 bridgehead atoms. The average molecular weight is 574 g/mol. The fraction of sp³-hybridized carbons (Fsp3) is 0.394. The number of piperazine rings is 1. The smallest absolute Gasteiger partial charge is 0.343 e. The second kappa shape index (κ2) is 12.8. The first-order chi connectivity index (χ1) is 20.3. The van der Waals surface area contributed by atoms with Crippen molar-refractivity contribution in [2.75, 3.05) is 54.6 Å². The van der Waals surface area contributed by atoms with E-state index in [9.17, 15) is 9.59 Å². The molecule has 1 heterocycles. The first-order valence-electron chi connectivity index (χ1n) is 14.3. The van der Waals surface area contributed by atoms with Crippen molar-refractivity contribution in [2.24, 2.45) is 0 Å². The van der Waals surface area contributed by atoms with Crippen LogP contribution in [0.3, 0.4) is 0 Å². The molecule has 1 fully saturated rings. The van der Waals surface area contributed by atoms with E-state index in [1.54, 1.807) is 27.4 Å². The molecule has 42 heavy (non-hydrogen) atoms. The van der Waals surface area contributed by atoms with Crippen molar-refractivity contribution in [2.45, 2.75) is 32.4 Å². The Morgan fingerprint density at radius 1 is 0.905 bits per heavy atom. The summed E-state index contributed by atoms with van der Waals surface area (Å²) in [6, 6.07) is 14.8. The van der Waals surface area contributed by atoms with Crippen molar-refractivity contribution < 1.29 is 28.5 Å². The van der Waals surface area contributed by atoms with E-state index >= 15 is 0 Å². The summed E-state index contributed by atoms with van der Waals surface area (Å²) in [6.07, 6.45) is 1.31. The van der Waals surface area contributed by atoms with Crippen molar-refractivity contribution >= 4 is 11.9 Å². The van der Waals surface area contributed by atoms with Gasteiger partial charge in [0, 0.05) is 45.2 Å². The van der Waals surface area contributed by atoms with Gasteiger partial charge in [0.2, 0.25) is 11.7 Å². The van der Waals surface area contributed by atoms with Gasteiger partial charge in [0.1, 0.15) is 5.75 Å². The van der Waals surface area contributed by atoms with Crippen molar-refractivity contribution in [3.05, 3.63) is 70.8 Å². The lowest BCUT2D eigenvalue weighted by atomic mass is 9.93. The number of aryl methyl sites for hydroxylation is 1. The Balaban J connectivity index is 1.42. The number of carbonyl (C=O) groups excluding carboxylic acids is 2. The average Bonchev–Trinajstić information content (AvgIpc) is 3.13. The number of benzene rings is 3. The van der Waals surface area contributed by atoms with E-state index in [2.05, 4.69) is 22.2 Å². The van der Waals surface area contributed by atoms with Crippen molar-refractivity contribution in [1.29, 1.82) is 0 Å². The lowest BCUT2D eigenvalue weighted by molar-refractivity contribution is -0.119. The number of carbonyl (C=O) groups is 2. The predicted octanol–water partition coefficient (Wildman–Crippen LogP) is 4.47. The van der Waals surface area contributed by atoms with Crippen LogP contribution >= 0.6 is 0 Å². The highest BCUT2D eigenvalue weighted by atomic mass is 16.5. The van der Waals surface area contributed by atoms with Crippen molar-refractivity contribution in [1.82, 2.24) is 15.1 Å². The zero-order valence-corrected chi connectivity index (χ0v) is 25.0. The van der Waals surface area contributed by atoms with Crippen LogP contribution in [-0.2, 0) is 17.8 Å². The molecule has 0 spiro atoms. The third-order valence-electron chi connectivity index (χ3n) is 8.06. The number of nitrogens with one attached hydrogen (secondary N) is 1. The number of ether oxygens (including phenoxy) is 4. The first-order valence-corrected chi connectivity index (χ1v) is 14.3. The molecule has 3 aromatic rings. The Labute approximate surface area is 247 Å². The molecule has 2 aliphatic rings. The van der Waals surface area contributed by atoms with E-state index in [-0.39, 0.29) is 11.9 Å². The lowest BCUT2D eigenvalue weighted by Crippen LogP contribution is -2.43. The Bertz CT molecular complexity index is 1450. The summed E-state index contributed by atoms with van der Waals surface area (Å²) in [5.74, 6) is 1.45. The van der Waals surface area contributed by atoms with E-state index in [1.165, 1.54) is 12.5 Å². The third kappa shape index (κ3) is 6.22. The molecular weight excluding hydrogens is 534 g/mol. The number of hydrogen-bond acceptors (Lipinski definition) is 8. The van der Waals surface area contributed by atoms with Gasteiger partial charge in [0.25, 0.3) is 0 Å². The second-order valence-corrected chi connectivity index (χ2v) is 10.9. The number of amides is 1. The predicted molar refractivity (Wildman–Crippen MR) is 161 cm³/mol. The number of nitrogens with zero attached hydrogens (tertiary/aromatic N) is 2. The zero-order chi connectivity index (χ0) is 29.8. The normalized spacial score (nSPS) is 16.9. The van der Waals surface area contributed by atoms with Gasteiger partial charge in [-0.15, -0.1) is 0 Å². The van der Waals surface area contributed by atoms with Gasteiger partial charge in [-0.1, -0.05) is 18.2 Å². The molecule has 1 saturated heterocycles. The molecule has 0 aromatic heterocycles. The van der Waals surface area contributed by atoms with Crippen LogP contribution in [0.15, 0.2) is 48.5 Å². The number of methoxy groups -OCH3 is 3. The molecule has 3 aromatic carbocycles. The molecule has 9 nitrogen and oxygen atoms in total. The largest absolute Gasteiger partial charge is 0.493 e. The summed E-state index contributed by atoms with van der Waals surface area (Å²) in [5, 5.41) is 3.07. The van der Waals surface area contributed by atoms with Gasteiger partial charge in [0.15, 0.2) is 11.5 Å². The number of fused-ring (bicyclic) bond motifs is 3. The fourth-order valence-corrected chi connectivity index (χ4v) is 5.85. The van der Waals surface area contributed by atoms with E-state index in [1.807, 2.05) is 42.5 Å². The Morgan fingerprint density at radius 3 is 2.26 bits per heavy atom. The summed E-state index contributed by atoms with van der Waals surface area (Å²) in [7, 11) is 6.91. The van der Waals surface area contributed by atoms with Gasteiger partial charge in [-0.05, 0) is 72.5 Å². The maximum Gasteiger partial charge on any atom is 0.343 e. The first kappa shape index (κ1) is 29.4. The molecule has 0 radical (unpaired) electrons. The van der Waals surface area contributed by atoms with Crippen LogP contribution in [0.2, 0.25) is 0 Å². The van der Waals surface area contributed by atoms with E-state index in [0.29, 0.717) is 41.4 Å². The number of hydrogen-bond donors (Lipinski definition) is 1. The maximum atomic E-state index is 13.1. The lowest BCUT2D eigenvalue weighted by Gasteiger charge is -2.32. The van der Waals surface area contributed by atoms with Crippen LogP contribution in [0.1, 0.15) is 46.4 Å². The topological polar surface area (TPSA) is 89.6 Å². The third-order valence-corrected chi connectivity index (χ3v) is 8.06. The minimum atomic E-state index is -0.435. The SMILES string of the molecule is COc1cc2c(c(OC)c1OC)-c1ccc(OC(=O)c3ccc(CN4CCN(C)CC4)cc3)cc1[C@@H](NC(C)=O)CC2. The van der Waals surface area contributed by atoms with Gasteiger partial charge in [-0.3, -0.25) is 9.69 Å². The van der Waals surface area contributed by atoms with Crippen LogP contribution in [-0.4, -0.2) is 76.2 Å². The highest BCUT2D eigenvalue weighted by Gasteiger charge is 2.30. The molecule has 0 saturated carbocycles. The molecule has 1 aliphatic heterocycles. The molecule has 1 amide bonds. The number of esters is 1. The minimum Gasteiger partial charge on any atom is -0.493 e. The highest BCUT2D eigenvalue weighted by molar-refractivity contribution is 5.91. The Kier molecular flexibility index (Phi) is 8.99. The van der Waals surface area contributed by atoms with Crippen LogP contribution in [0, 0.1) is 0 Å². The molecule has 0 unspecified atom stereocenters. The molecule has 9 heteroatoms. The number of likely N-dealkylation sites (N-methyl/N-ethyl adjacent to an activating group) is 1. The number of rotatable bonds is 8. The molecule has 5 rings (SSSR count). The summed E-state index contributed by atoms with van der Waals surface area (Å²) in [5.41, 5.74) is 5.23. The summed E-state index contributed by atoms with van der Waals surface area (Å²) in [4.78, 5) is 30.1. The second-order valence-electron chi connectivity index (χ2n) is 10.9. The van der Waals surface area contributed by atoms with Gasteiger partial charge >= 0.3 is 5.97 Å². The van der Waals surface area contributed by atoms with Crippen LogP contribution < -0.4 is 24.3 Å². The van der Waals surface area contributed by atoms with Crippen LogP contribution in [0.25, 0.3) is 11.1 Å². The Hall–Kier alpha value is -4.08. The van der Waals surface area contributed by atoms with Crippen molar-refractivity contribution in [3.63, 3.8) is 0 Å². The fourth-order valence-electron chi connectivity index (χ4n) is 5.85. The molecule has 1 N–H and O–H groups in total. The standard InChI is InChI=1S/C33H39N3O6/c1-21(37)34-28-13-10-24-18-29(39-3)31(40-4)32(41-5)30(24)26-12-11-25(19-27(26)28)42-33(38)23-8-6-22(7-9-23)20-36-16-14-35(2)15-17-36/h6-9,11-12,18-19,28H,10,13-17,20H2,1-5H3,(H,34,37)/t28-/m0/s1. The van der Waals surface area contributed by atoms with Gasteiger partial charge < -0.3 is 29.2 Å². The highest BCUT2D eigenvalue weighted by Crippen LogP contribution is 2.50. The Morgan fingerprint density at radius 2 is 1.62 bits per heavy atom. The van der Waals surface area contributed by atoms with E-state index in [4.69, 9.17) is 18.9 Å². The summed E-state index contributed by atoms with van der Waals surface area (Å²) >= 11 is 0. The molecule has 1 atom stereocenters. The zero-order valence-electron chi connectivity index (χ0n) is 25.0. The molecule has 1 aliphatic carbocycles. The quantitative estimate of drug-likeness (QED) is 0.312. The molecular formula is C33H39N3O6. The van der Waals surface area contributed by atoms with Gasteiger partial charge in [-0.25, -0.2) is 4.79 Å². The monoisotopic (exact) mass is 573 g/mol. The van der Waals surface area contributed by atoms with E-state index in [0.717, 1.165) is 55.0 Å². The molecule has 222 valence electrons. The van der Waals surface area contributed by atoms with Gasteiger partial charge in [0.05, 0.1) is 32.9 Å².